The molecule has 0 saturated carbocycles. The minimum absolute atomic E-state index is 0.0986. The van der Waals surface area contributed by atoms with Crippen molar-refractivity contribution < 1.29 is 13.9 Å². The number of amides is 1. The predicted octanol–water partition coefficient (Wildman–Crippen LogP) is 4.75. The third-order valence-electron chi connectivity index (χ3n) is 7.33. The standard InChI is InChI=1S/C29H34N2O4/c1-4-20-6-11-24-23(18-20)27(32)25-26(22-9-7-21(8-10-22)19(2)3)31(29(33)28(25)35-24)13-5-12-30-14-16-34-17-15-30/h6-11,18-19,26H,4-5,12-17H2,1-3H3. The highest BCUT2D eigenvalue weighted by atomic mass is 16.5. The highest BCUT2D eigenvalue weighted by molar-refractivity contribution is 5.99. The first-order chi connectivity index (χ1) is 17.0. The molecule has 184 valence electrons. The Morgan fingerprint density at radius 1 is 1.00 bits per heavy atom. The fourth-order valence-electron chi connectivity index (χ4n) is 5.22. The number of rotatable bonds is 7. The van der Waals surface area contributed by atoms with Crippen molar-refractivity contribution in [2.24, 2.45) is 0 Å². The molecule has 1 aromatic heterocycles. The Morgan fingerprint density at radius 2 is 1.74 bits per heavy atom. The number of benzene rings is 2. The highest BCUT2D eigenvalue weighted by Gasteiger charge is 2.42. The minimum atomic E-state index is -0.436. The number of carbonyl (C=O) groups is 1. The van der Waals surface area contributed by atoms with Crippen LogP contribution >= 0.6 is 0 Å². The van der Waals surface area contributed by atoms with Crippen LogP contribution in [-0.2, 0) is 11.2 Å². The predicted molar refractivity (Wildman–Crippen MR) is 137 cm³/mol. The molecule has 0 radical (unpaired) electrons. The van der Waals surface area contributed by atoms with Gasteiger partial charge in [0.2, 0.25) is 5.76 Å². The zero-order chi connectivity index (χ0) is 24.5. The van der Waals surface area contributed by atoms with Crippen LogP contribution in [0, 0.1) is 0 Å². The molecule has 35 heavy (non-hydrogen) atoms. The maximum absolute atomic E-state index is 13.8. The third kappa shape index (κ3) is 4.53. The van der Waals surface area contributed by atoms with Crippen LogP contribution in [0.2, 0.25) is 0 Å². The molecule has 1 saturated heterocycles. The SMILES string of the molecule is CCc1ccc2oc3c(c(=O)c2c1)C(c1ccc(C(C)C)cc1)N(CCCN1CCOCC1)C3=O. The van der Waals surface area contributed by atoms with Gasteiger partial charge in [-0.15, -0.1) is 0 Å². The van der Waals surface area contributed by atoms with Crippen molar-refractivity contribution in [3.8, 4) is 0 Å². The largest absolute Gasteiger partial charge is 0.450 e. The van der Waals surface area contributed by atoms with E-state index in [1.165, 1.54) is 5.56 Å². The number of hydrogen-bond donors (Lipinski definition) is 0. The second kappa shape index (κ2) is 9.96. The molecule has 1 atom stereocenters. The van der Waals surface area contributed by atoms with E-state index in [9.17, 15) is 9.59 Å². The number of carbonyl (C=O) groups excluding carboxylic acids is 1. The summed E-state index contributed by atoms with van der Waals surface area (Å²) >= 11 is 0. The van der Waals surface area contributed by atoms with Crippen molar-refractivity contribution >= 4 is 16.9 Å². The van der Waals surface area contributed by atoms with Crippen molar-refractivity contribution in [1.82, 2.24) is 9.80 Å². The quantitative estimate of drug-likeness (QED) is 0.495. The van der Waals surface area contributed by atoms with Crippen LogP contribution in [0.1, 0.15) is 72.0 Å². The molecule has 5 rings (SSSR count). The average molecular weight is 475 g/mol. The number of morpholine rings is 1. The Bertz CT molecular complexity index is 1270. The van der Waals surface area contributed by atoms with Crippen LogP contribution in [0.3, 0.4) is 0 Å². The monoisotopic (exact) mass is 474 g/mol. The summed E-state index contributed by atoms with van der Waals surface area (Å²) in [5.74, 6) is 0.405. The molecule has 0 N–H and O–H groups in total. The fraction of sp³-hybridized carbons (Fsp3) is 0.448. The summed E-state index contributed by atoms with van der Waals surface area (Å²) < 4.78 is 11.6. The first kappa shape index (κ1) is 23.8. The molecular formula is C29H34N2O4. The van der Waals surface area contributed by atoms with Gasteiger partial charge in [-0.1, -0.05) is 51.1 Å². The van der Waals surface area contributed by atoms with Crippen LogP contribution in [0.4, 0.5) is 0 Å². The van der Waals surface area contributed by atoms with Gasteiger partial charge in [0, 0.05) is 26.2 Å². The molecule has 0 aliphatic carbocycles. The zero-order valence-electron chi connectivity index (χ0n) is 20.9. The highest BCUT2D eigenvalue weighted by Crippen LogP contribution is 2.38. The molecule has 1 fully saturated rings. The van der Waals surface area contributed by atoms with E-state index in [0.717, 1.165) is 56.8 Å². The summed E-state index contributed by atoms with van der Waals surface area (Å²) in [4.78, 5) is 31.6. The minimum Gasteiger partial charge on any atom is -0.450 e. The van der Waals surface area contributed by atoms with Gasteiger partial charge in [-0.25, -0.2) is 0 Å². The van der Waals surface area contributed by atoms with E-state index < -0.39 is 6.04 Å². The fourth-order valence-corrected chi connectivity index (χ4v) is 5.22. The smallest absolute Gasteiger partial charge is 0.290 e. The van der Waals surface area contributed by atoms with Crippen molar-refractivity contribution in [3.63, 3.8) is 0 Å². The van der Waals surface area contributed by atoms with Crippen molar-refractivity contribution in [1.29, 1.82) is 0 Å². The number of fused-ring (bicyclic) bond motifs is 2. The van der Waals surface area contributed by atoms with Crippen LogP contribution < -0.4 is 5.43 Å². The molecule has 0 spiro atoms. The van der Waals surface area contributed by atoms with Gasteiger partial charge >= 0.3 is 0 Å². The summed E-state index contributed by atoms with van der Waals surface area (Å²) in [5.41, 5.74) is 4.11. The van der Waals surface area contributed by atoms with E-state index >= 15 is 0 Å². The van der Waals surface area contributed by atoms with Gasteiger partial charge in [-0.3, -0.25) is 14.5 Å². The van der Waals surface area contributed by atoms with E-state index in [1.54, 1.807) is 0 Å². The second-order valence-electron chi connectivity index (χ2n) is 9.89. The summed E-state index contributed by atoms with van der Waals surface area (Å²) in [7, 11) is 0. The Labute approximate surface area is 206 Å². The molecule has 1 amide bonds. The van der Waals surface area contributed by atoms with E-state index in [0.29, 0.717) is 29.0 Å². The van der Waals surface area contributed by atoms with Crippen LogP contribution in [0.15, 0.2) is 51.7 Å². The summed E-state index contributed by atoms with van der Waals surface area (Å²) in [6, 6.07) is 13.6. The lowest BCUT2D eigenvalue weighted by atomic mass is 9.95. The van der Waals surface area contributed by atoms with Gasteiger partial charge < -0.3 is 14.1 Å². The molecule has 2 aliphatic heterocycles. The molecular weight excluding hydrogens is 440 g/mol. The molecule has 6 nitrogen and oxygen atoms in total. The Balaban J connectivity index is 1.54. The Morgan fingerprint density at radius 3 is 2.43 bits per heavy atom. The molecule has 6 heteroatoms. The average Bonchev–Trinajstić information content (AvgIpc) is 3.16. The molecule has 2 aromatic carbocycles. The molecule has 2 aliphatic rings. The lowest BCUT2D eigenvalue weighted by Gasteiger charge is -2.29. The number of nitrogens with zero attached hydrogens (tertiary/aromatic N) is 2. The Hall–Kier alpha value is -2.96. The maximum Gasteiger partial charge on any atom is 0.290 e. The first-order valence-corrected chi connectivity index (χ1v) is 12.8. The zero-order valence-corrected chi connectivity index (χ0v) is 20.9. The number of hydrogen-bond acceptors (Lipinski definition) is 5. The summed E-state index contributed by atoms with van der Waals surface area (Å²) in [5, 5.41) is 0.551. The molecule has 1 unspecified atom stereocenters. The lowest BCUT2D eigenvalue weighted by molar-refractivity contribution is 0.0353. The molecule has 3 heterocycles. The Kier molecular flexibility index (Phi) is 6.76. The van der Waals surface area contributed by atoms with E-state index in [1.807, 2.05) is 23.1 Å². The van der Waals surface area contributed by atoms with E-state index in [4.69, 9.17) is 9.15 Å². The number of ether oxygens (including phenoxy) is 1. The van der Waals surface area contributed by atoms with E-state index in [-0.39, 0.29) is 17.1 Å². The van der Waals surface area contributed by atoms with Crippen LogP contribution in [0.25, 0.3) is 11.0 Å². The van der Waals surface area contributed by atoms with Gasteiger partial charge in [-0.05, 0) is 47.6 Å². The summed E-state index contributed by atoms with van der Waals surface area (Å²) in [6.45, 7) is 11.2. The van der Waals surface area contributed by atoms with Gasteiger partial charge in [0.1, 0.15) is 5.58 Å². The normalized spacial score (nSPS) is 18.6. The van der Waals surface area contributed by atoms with Crippen molar-refractivity contribution in [2.45, 2.75) is 45.6 Å². The second-order valence-corrected chi connectivity index (χ2v) is 9.89. The van der Waals surface area contributed by atoms with Gasteiger partial charge in [-0.2, -0.15) is 0 Å². The summed E-state index contributed by atoms with van der Waals surface area (Å²) in [6.07, 6.45) is 1.66. The third-order valence-corrected chi connectivity index (χ3v) is 7.33. The van der Waals surface area contributed by atoms with Crippen molar-refractivity contribution in [3.05, 3.63) is 80.7 Å². The van der Waals surface area contributed by atoms with Crippen LogP contribution in [-0.4, -0.2) is 55.1 Å². The molecule has 0 bridgehead atoms. The topological polar surface area (TPSA) is 63.0 Å². The lowest BCUT2D eigenvalue weighted by Crippen LogP contribution is -2.38. The van der Waals surface area contributed by atoms with E-state index in [2.05, 4.69) is 49.9 Å². The van der Waals surface area contributed by atoms with Gasteiger partial charge in [0.15, 0.2) is 5.43 Å². The first-order valence-electron chi connectivity index (χ1n) is 12.8. The van der Waals surface area contributed by atoms with Crippen molar-refractivity contribution in [2.75, 3.05) is 39.4 Å². The van der Waals surface area contributed by atoms with Gasteiger partial charge in [0.05, 0.1) is 30.2 Å². The maximum atomic E-state index is 13.8. The molecule has 3 aromatic rings. The van der Waals surface area contributed by atoms with Crippen LogP contribution in [0.5, 0.6) is 0 Å². The number of aryl methyl sites for hydroxylation is 1. The van der Waals surface area contributed by atoms with Gasteiger partial charge in [0.25, 0.3) is 5.91 Å².